The number of fused-ring (bicyclic) bond motifs is 1. The largest absolute Gasteiger partial charge is 0.465 e. The van der Waals surface area contributed by atoms with E-state index in [2.05, 4.69) is 4.90 Å². The highest BCUT2D eigenvalue weighted by atomic mass is 16.5. The van der Waals surface area contributed by atoms with Crippen molar-refractivity contribution in [2.45, 2.75) is 26.3 Å². The fourth-order valence-corrected chi connectivity index (χ4v) is 3.88. The van der Waals surface area contributed by atoms with E-state index >= 15 is 0 Å². The molecule has 156 valence electrons. The number of rotatable bonds is 5. The first-order valence-corrected chi connectivity index (χ1v) is 10.1. The Bertz CT molecular complexity index is 1100. The van der Waals surface area contributed by atoms with Crippen LogP contribution in [0.1, 0.15) is 45.1 Å². The molecule has 1 aliphatic rings. The fourth-order valence-electron chi connectivity index (χ4n) is 3.88. The first kappa shape index (κ1) is 19.9. The Morgan fingerprint density at radius 3 is 2.63 bits per heavy atom. The van der Waals surface area contributed by atoms with E-state index in [9.17, 15) is 9.59 Å². The van der Waals surface area contributed by atoms with Gasteiger partial charge < -0.3 is 19.0 Å². The van der Waals surface area contributed by atoms with Gasteiger partial charge in [0.25, 0.3) is 5.91 Å². The maximum atomic E-state index is 13.4. The van der Waals surface area contributed by atoms with Gasteiger partial charge in [0, 0.05) is 25.5 Å². The number of para-hydroxylation sites is 1. The van der Waals surface area contributed by atoms with Crippen molar-refractivity contribution in [1.82, 2.24) is 9.88 Å². The van der Waals surface area contributed by atoms with E-state index in [1.807, 2.05) is 30.3 Å². The second kappa shape index (κ2) is 8.18. The van der Waals surface area contributed by atoms with Gasteiger partial charge >= 0.3 is 5.97 Å². The molecule has 2 aromatic heterocycles. The fraction of sp³-hybridized carbons (Fsp3) is 0.348. The molecule has 3 aromatic rings. The Morgan fingerprint density at radius 2 is 1.90 bits per heavy atom. The number of esters is 1. The molecule has 0 N–H and O–H groups in total. The molecule has 0 aliphatic carbocycles. The highest BCUT2D eigenvalue weighted by Gasteiger charge is 2.25. The van der Waals surface area contributed by atoms with E-state index in [1.165, 1.54) is 7.11 Å². The molecular formula is C23H25N3O4. The highest BCUT2D eigenvalue weighted by Crippen LogP contribution is 2.28. The van der Waals surface area contributed by atoms with Gasteiger partial charge in [0.1, 0.15) is 22.9 Å². The van der Waals surface area contributed by atoms with Crippen LogP contribution in [0.25, 0.3) is 10.9 Å². The van der Waals surface area contributed by atoms with Crippen LogP contribution < -0.4 is 4.90 Å². The minimum absolute atomic E-state index is 0.135. The predicted molar refractivity (Wildman–Crippen MR) is 114 cm³/mol. The van der Waals surface area contributed by atoms with E-state index < -0.39 is 5.97 Å². The van der Waals surface area contributed by atoms with Gasteiger partial charge in [-0.25, -0.2) is 9.78 Å². The molecule has 0 saturated carbocycles. The van der Waals surface area contributed by atoms with Gasteiger partial charge in [0.05, 0.1) is 24.7 Å². The summed E-state index contributed by atoms with van der Waals surface area (Å²) in [4.78, 5) is 33.8. The summed E-state index contributed by atoms with van der Waals surface area (Å²) in [5.74, 6) is 1.15. The molecule has 30 heavy (non-hydrogen) atoms. The summed E-state index contributed by atoms with van der Waals surface area (Å²) in [5.41, 5.74) is 1.83. The van der Waals surface area contributed by atoms with Crippen molar-refractivity contribution in [3.05, 3.63) is 59.0 Å². The predicted octanol–water partition coefficient (Wildman–Crippen LogP) is 3.80. The second-order valence-electron chi connectivity index (χ2n) is 7.58. The van der Waals surface area contributed by atoms with E-state index in [-0.39, 0.29) is 12.5 Å². The van der Waals surface area contributed by atoms with Gasteiger partial charge in [-0.2, -0.15) is 0 Å². The van der Waals surface area contributed by atoms with Gasteiger partial charge in [0.2, 0.25) is 0 Å². The Balaban J connectivity index is 1.65. The second-order valence-corrected chi connectivity index (χ2v) is 7.58. The average Bonchev–Trinajstić information content (AvgIpc) is 3.41. The molecule has 1 aliphatic heterocycles. The molecule has 0 bridgehead atoms. The zero-order valence-corrected chi connectivity index (χ0v) is 17.5. The molecule has 7 heteroatoms. The van der Waals surface area contributed by atoms with E-state index in [0.717, 1.165) is 42.7 Å². The van der Waals surface area contributed by atoms with Crippen molar-refractivity contribution in [2.24, 2.45) is 0 Å². The molecule has 7 nitrogen and oxygen atoms in total. The Hall–Kier alpha value is -3.35. The summed E-state index contributed by atoms with van der Waals surface area (Å²) in [6.07, 6.45) is 2.19. The lowest BCUT2D eigenvalue weighted by Gasteiger charge is -2.23. The highest BCUT2D eigenvalue weighted by molar-refractivity contribution is 6.02. The first-order valence-electron chi connectivity index (χ1n) is 10.1. The summed E-state index contributed by atoms with van der Waals surface area (Å²) in [5, 5.41) is 0.930. The van der Waals surface area contributed by atoms with E-state index in [4.69, 9.17) is 14.1 Å². The zero-order chi connectivity index (χ0) is 21.3. The van der Waals surface area contributed by atoms with Crippen molar-refractivity contribution in [3.8, 4) is 0 Å². The maximum absolute atomic E-state index is 13.4. The maximum Gasteiger partial charge on any atom is 0.341 e. The number of amides is 1. The van der Waals surface area contributed by atoms with Crippen LogP contribution >= 0.6 is 0 Å². The standard InChI is InChI=1S/C23H25N3O4/c1-15-18(23(28)29-3)13-17(30-15)14-25(2)22(27)19-12-16-8-4-5-9-20(16)24-21(19)26-10-6-7-11-26/h4-5,8-9,12-13H,6-7,10-11,14H2,1-3H3. The van der Waals surface area contributed by atoms with Crippen LogP contribution in [0.4, 0.5) is 5.82 Å². The summed E-state index contributed by atoms with van der Waals surface area (Å²) in [6, 6.07) is 11.4. The average molecular weight is 407 g/mol. The SMILES string of the molecule is COC(=O)c1cc(CN(C)C(=O)c2cc3ccccc3nc2N2CCCC2)oc1C. The number of carbonyl (C=O) groups is 2. The quantitative estimate of drug-likeness (QED) is 0.599. The summed E-state index contributed by atoms with van der Waals surface area (Å²) in [7, 11) is 3.05. The minimum atomic E-state index is -0.452. The number of nitrogens with zero attached hydrogens (tertiary/aromatic N) is 3. The third-order valence-electron chi connectivity index (χ3n) is 5.45. The molecule has 0 spiro atoms. The van der Waals surface area contributed by atoms with Crippen molar-refractivity contribution in [2.75, 3.05) is 32.1 Å². The van der Waals surface area contributed by atoms with Crippen LogP contribution in [-0.2, 0) is 11.3 Å². The number of methoxy groups -OCH3 is 1. The first-order chi connectivity index (χ1) is 14.5. The number of ether oxygens (including phenoxy) is 1. The molecule has 0 atom stereocenters. The number of benzene rings is 1. The van der Waals surface area contributed by atoms with Crippen LogP contribution in [0.5, 0.6) is 0 Å². The Labute approximate surface area is 175 Å². The van der Waals surface area contributed by atoms with Gasteiger partial charge in [0.15, 0.2) is 0 Å². The monoisotopic (exact) mass is 407 g/mol. The van der Waals surface area contributed by atoms with Gasteiger partial charge in [-0.15, -0.1) is 0 Å². The van der Waals surface area contributed by atoms with Crippen LogP contribution in [0, 0.1) is 6.92 Å². The lowest BCUT2D eigenvalue weighted by Crippen LogP contribution is -2.29. The van der Waals surface area contributed by atoms with Gasteiger partial charge in [-0.3, -0.25) is 4.79 Å². The zero-order valence-electron chi connectivity index (χ0n) is 17.5. The third-order valence-corrected chi connectivity index (χ3v) is 5.45. The third kappa shape index (κ3) is 3.75. The van der Waals surface area contributed by atoms with Crippen LogP contribution in [0.15, 0.2) is 40.8 Å². The molecule has 1 aromatic carbocycles. The molecule has 0 radical (unpaired) electrons. The van der Waals surface area contributed by atoms with Crippen molar-refractivity contribution < 1.29 is 18.7 Å². The molecular weight excluding hydrogens is 382 g/mol. The number of pyridine rings is 1. The number of hydrogen-bond acceptors (Lipinski definition) is 6. The van der Waals surface area contributed by atoms with Crippen molar-refractivity contribution in [1.29, 1.82) is 0 Å². The Morgan fingerprint density at radius 1 is 1.17 bits per heavy atom. The number of aromatic nitrogens is 1. The molecule has 4 rings (SSSR count). The van der Waals surface area contributed by atoms with Crippen molar-refractivity contribution in [3.63, 3.8) is 0 Å². The van der Waals surface area contributed by atoms with Gasteiger partial charge in [-0.1, -0.05) is 18.2 Å². The molecule has 0 unspecified atom stereocenters. The smallest absolute Gasteiger partial charge is 0.341 e. The molecule has 3 heterocycles. The van der Waals surface area contributed by atoms with Crippen molar-refractivity contribution >= 4 is 28.6 Å². The lowest BCUT2D eigenvalue weighted by molar-refractivity contribution is 0.0598. The van der Waals surface area contributed by atoms with Crippen LogP contribution in [0.2, 0.25) is 0 Å². The molecule has 1 fully saturated rings. The van der Waals surface area contributed by atoms with E-state index in [0.29, 0.717) is 22.6 Å². The normalized spacial score (nSPS) is 13.6. The topological polar surface area (TPSA) is 75.9 Å². The number of aryl methyl sites for hydroxylation is 1. The lowest BCUT2D eigenvalue weighted by atomic mass is 10.1. The molecule has 1 saturated heterocycles. The van der Waals surface area contributed by atoms with Crippen LogP contribution in [-0.4, -0.2) is 49.0 Å². The van der Waals surface area contributed by atoms with E-state index in [1.54, 1.807) is 24.9 Å². The van der Waals surface area contributed by atoms with Gasteiger partial charge in [-0.05, 0) is 38.0 Å². The summed E-state index contributed by atoms with van der Waals surface area (Å²) < 4.78 is 10.4. The number of anilines is 1. The number of carbonyl (C=O) groups excluding carboxylic acids is 2. The summed E-state index contributed by atoms with van der Waals surface area (Å²) >= 11 is 0. The number of hydrogen-bond donors (Lipinski definition) is 0. The minimum Gasteiger partial charge on any atom is -0.465 e. The Kier molecular flexibility index (Phi) is 5.44. The van der Waals surface area contributed by atoms with Crippen LogP contribution in [0.3, 0.4) is 0 Å². The number of furan rings is 1. The summed E-state index contributed by atoms with van der Waals surface area (Å²) in [6.45, 7) is 3.74. The molecule has 1 amide bonds.